The van der Waals surface area contributed by atoms with Crippen molar-refractivity contribution in [3.05, 3.63) is 35.6 Å². The molecule has 23 heavy (non-hydrogen) atoms. The van der Waals surface area contributed by atoms with Crippen molar-refractivity contribution in [1.82, 2.24) is 4.90 Å². The summed E-state index contributed by atoms with van der Waals surface area (Å²) in [5.74, 6) is -0.0867. The molecule has 5 heteroatoms. The van der Waals surface area contributed by atoms with E-state index in [1.807, 2.05) is 11.0 Å². The van der Waals surface area contributed by atoms with Crippen LogP contribution >= 0.6 is 12.4 Å². The highest BCUT2D eigenvalue weighted by Gasteiger charge is 2.29. The average Bonchev–Trinajstić information content (AvgIpc) is 2.52. The van der Waals surface area contributed by atoms with Crippen LogP contribution in [0.2, 0.25) is 0 Å². The second-order valence-electron chi connectivity index (χ2n) is 6.33. The van der Waals surface area contributed by atoms with Gasteiger partial charge in [-0.15, -0.1) is 12.4 Å². The number of rotatable bonds is 6. The summed E-state index contributed by atoms with van der Waals surface area (Å²) in [5.41, 5.74) is 6.60. The summed E-state index contributed by atoms with van der Waals surface area (Å²) in [6.45, 7) is 3.15. The Morgan fingerprint density at radius 2 is 2.09 bits per heavy atom. The Hall–Kier alpha value is -1.13. The van der Waals surface area contributed by atoms with Crippen molar-refractivity contribution in [2.75, 3.05) is 6.54 Å². The number of unbranched alkanes of at least 4 members (excludes halogenated alkanes) is 1. The number of carbonyl (C=O) groups is 1. The van der Waals surface area contributed by atoms with E-state index in [2.05, 4.69) is 6.92 Å². The average molecular weight is 343 g/mol. The summed E-state index contributed by atoms with van der Waals surface area (Å²) < 4.78 is 13.9. The summed E-state index contributed by atoms with van der Waals surface area (Å²) >= 11 is 0. The van der Waals surface area contributed by atoms with Gasteiger partial charge in [-0.1, -0.05) is 38.0 Å². The molecule has 3 nitrogen and oxygen atoms in total. The Balaban J connectivity index is 0.00000264. The Labute approximate surface area is 144 Å². The van der Waals surface area contributed by atoms with Gasteiger partial charge in [-0.3, -0.25) is 4.79 Å². The fraction of sp³-hybridized carbons (Fsp3) is 0.611. The van der Waals surface area contributed by atoms with Gasteiger partial charge in [-0.25, -0.2) is 4.39 Å². The SMILES string of the molecule is CCCCN(Cc1ccccc1F)C(=O)C1CCCC(N)C1.Cl. The monoisotopic (exact) mass is 342 g/mol. The minimum absolute atomic E-state index is 0. The lowest BCUT2D eigenvalue weighted by atomic mass is 9.85. The zero-order valence-electron chi connectivity index (χ0n) is 13.8. The molecule has 0 bridgehead atoms. The molecule has 130 valence electrons. The van der Waals surface area contributed by atoms with Crippen molar-refractivity contribution < 1.29 is 9.18 Å². The van der Waals surface area contributed by atoms with Crippen LogP contribution < -0.4 is 5.73 Å². The van der Waals surface area contributed by atoms with Gasteiger partial charge in [0.05, 0.1) is 0 Å². The fourth-order valence-electron chi connectivity index (χ4n) is 3.16. The van der Waals surface area contributed by atoms with Crippen LogP contribution in [0.15, 0.2) is 24.3 Å². The van der Waals surface area contributed by atoms with Crippen LogP contribution in [0.3, 0.4) is 0 Å². The van der Waals surface area contributed by atoms with Crippen LogP contribution in [0.25, 0.3) is 0 Å². The van der Waals surface area contributed by atoms with Crippen LogP contribution in [0.5, 0.6) is 0 Å². The highest BCUT2D eigenvalue weighted by molar-refractivity contribution is 5.85. The Kier molecular flexibility index (Phi) is 8.56. The minimum Gasteiger partial charge on any atom is -0.338 e. The predicted octanol–water partition coefficient (Wildman–Crippen LogP) is 3.89. The Morgan fingerprint density at radius 3 is 2.74 bits per heavy atom. The highest BCUT2D eigenvalue weighted by Crippen LogP contribution is 2.26. The Morgan fingerprint density at radius 1 is 1.35 bits per heavy atom. The first-order chi connectivity index (χ1) is 10.6. The smallest absolute Gasteiger partial charge is 0.226 e. The molecule has 1 aliphatic carbocycles. The zero-order chi connectivity index (χ0) is 15.9. The molecular weight excluding hydrogens is 315 g/mol. The van der Waals surface area contributed by atoms with E-state index in [9.17, 15) is 9.18 Å². The lowest BCUT2D eigenvalue weighted by molar-refractivity contribution is -0.137. The van der Waals surface area contributed by atoms with Crippen molar-refractivity contribution >= 4 is 18.3 Å². The standard InChI is InChI=1S/C18H27FN2O.ClH/c1-2-3-11-21(13-15-7-4-5-10-17(15)19)18(22)14-8-6-9-16(20)12-14;/h4-5,7,10,14,16H,2-3,6,8-9,11-13,20H2,1H3;1H. The van der Waals surface area contributed by atoms with Crippen LogP contribution in [0.4, 0.5) is 4.39 Å². The van der Waals surface area contributed by atoms with Crippen molar-refractivity contribution in [1.29, 1.82) is 0 Å². The molecule has 1 saturated carbocycles. The normalized spacial score (nSPS) is 20.7. The summed E-state index contributed by atoms with van der Waals surface area (Å²) in [6.07, 6.45) is 5.65. The molecule has 0 aliphatic heterocycles. The van der Waals surface area contributed by atoms with Crippen LogP contribution in [0.1, 0.15) is 51.0 Å². The summed E-state index contributed by atoms with van der Waals surface area (Å²) in [4.78, 5) is 14.6. The number of amides is 1. The molecule has 0 aromatic heterocycles. The summed E-state index contributed by atoms with van der Waals surface area (Å²) in [6, 6.07) is 6.83. The molecule has 1 fully saturated rings. The second kappa shape index (κ2) is 9.89. The van der Waals surface area contributed by atoms with Gasteiger partial charge >= 0.3 is 0 Å². The molecule has 2 rings (SSSR count). The first-order valence-electron chi connectivity index (χ1n) is 8.39. The second-order valence-corrected chi connectivity index (χ2v) is 6.33. The van der Waals surface area contributed by atoms with Crippen molar-refractivity contribution in [2.45, 2.75) is 58.0 Å². The van der Waals surface area contributed by atoms with Gasteiger partial charge < -0.3 is 10.6 Å². The van der Waals surface area contributed by atoms with Crippen molar-refractivity contribution in [3.8, 4) is 0 Å². The lowest BCUT2D eigenvalue weighted by Crippen LogP contribution is -2.41. The van der Waals surface area contributed by atoms with E-state index in [-0.39, 0.29) is 36.1 Å². The van der Waals surface area contributed by atoms with Gasteiger partial charge in [0, 0.05) is 30.6 Å². The van der Waals surface area contributed by atoms with E-state index in [0.717, 1.165) is 38.5 Å². The molecule has 0 saturated heterocycles. The molecule has 2 unspecified atom stereocenters. The number of nitrogens with two attached hydrogens (primary N) is 1. The van der Waals surface area contributed by atoms with Crippen LogP contribution in [-0.2, 0) is 11.3 Å². The number of halogens is 2. The predicted molar refractivity (Wildman–Crippen MR) is 93.9 cm³/mol. The molecule has 0 spiro atoms. The topological polar surface area (TPSA) is 46.3 Å². The maximum Gasteiger partial charge on any atom is 0.226 e. The molecule has 1 aromatic rings. The molecule has 2 atom stereocenters. The van der Waals surface area contributed by atoms with E-state index >= 15 is 0 Å². The summed E-state index contributed by atoms with van der Waals surface area (Å²) in [7, 11) is 0. The van der Waals surface area contributed by atoms with Crippen molar-refractivity contribution in [3.63, 3.8) is 0 Å². The zero-order valence-corrected chi connectivity index (χ0v) is 14.7. The fourth-order valence-corrected chi connectivity index (χ4v) is 3.16. The number of nitrogens with zero attached hydrogens (tertiary/aromatic N) is 1. The lowest BCUT2D eigenvalue weighted by Gasteiger charge is -2.31. The Bertz CT molecular complexity index is 498. The number of hydrogen-bond acceptors (Lipinski definition) is 2. The number of hydrogen-bond donors (Lipinski definition) is 1. The number of carbonyl (C=O) groups excluding carboxylic acids is 1. The van der Waals surface area contributed by atoms with Crippen molar-refractivity contribution in [2.24, 2.45) is 11.7 Å². The van der Waals surface area contributed by atoms with Crippen LogP contribution in [0, 0.1) is 11.7 Å². The van der Waals surface area contributed by atoms with Gasteiger partial charge in [-0.05, 0) is 31.7 Å². The highest BCUT2D eigenvalue weighted by atomic mass is 35.5. The third-order valence-corrected chi connectivity index (χ3v) is 4.48. The first kappa shape index (κ1) is 19.9. The van der Waals surface area contributed by atoms with Gasteiger partial charge in [0.1, 0.15) is 5.82 Å². The molecule has 1 aromatic carbocycles. The van der Waals surface area contributed by atoms with Gasteiger partial charge in [0.15, 0.2) is 0 Å². The molecular formula is C18H28ClFN2O. The van der Waals surface area contributed by atoms with Crippen LogP contribution in [-0.4, -0.2) is 23.4 Å². The van der Waals surface area contributed by atoms with E-state index in [4.69, 9.17) is 5.73 Å². The van der Waals surface area contributed by atoms with E-state index in [1.54, 1.807) is 12.1 Å². The molecule has 1 amide bonds. The maximum atomic E-state index is 13.9. The molecule has 2 N–H and O–H groups in total. The maximum absolute atomic E-state index is 13.9. The molecule has 0 radical (unpaired) electrons. The van der Waals surface area contributed by atoms with Gasteiger partial charge in [0.25, 0.3) is 0 Å². The van der Waals surface area contributed by atoms with E-state index < -0.39 is 0 Å². The van der Waals surface area contributed by atoms with Gasteiger partial charge in [-0.2, -0.15) is 0 Å². The first-order valence-corrected chi connectivity index (χ1v) is 8.39. The molecule has 1 aliphatic rings. The summed E-state index contributed by atoms with van der Waals surface area (Å²) in [5, 5.41) is 0. The third kappa shape index (κ3) is 5.78. The van der Waals surface area contributed by atoms with Gasteiger partial charge in [0.2, 0.25) is 5.91 Å². The van der Waals surface area contributed by atoms with E-state index in [1.165, 1.54) is 6.07 Å². The third-order valence-electron chi connectivity index (χ3n) is 4.48. The molecule has 0 heterocycles. The quantitative estimate of drug-likeness (QED) is 0.852. The van der Waals surface area contributed by atoms with E-state index in [0.29, 0.717) is 18.7 Å². The minimum atomic E-state index is -0.239. The largest absolute Gasteiger partial charge is 0.338 e. The number of benzene rings is 1.